The van der Waals surface area contributed by atoms with Gasteiger partial charge in [0.15, 0.2) is 8.32 Å². The number of likely N-dealkylation sites (N-methyl/N-ethyl adjacent to an activating group) is 1. The first-order valence-corrected chi connectivity index (χ1v) is 25.3. The quantitative estimate of drug-likeness (QED) is 0.0639. The number of pyridine rings is 1. The third-order valence-corrected chi connectivity index (χ3v) is 16.0. The molecular weight excluding hydrogens is 705 g/mol. The van der Waals surface area contributed by atoms with Crippen LogP contribution >= 0.6 is 0 Å². The number of hydrogen-bond donors (Lipinski definition) is 3. The predicted octanol–water partition coefficient (Wildman–Crippen LogP) is 7.75. The molecule has 0 saturated heterocycles. The predicted molar refractivity (Wildman–Crippen MR) is 220 cm³/mol. The molecular formula is C39H64N6O6Si2. The topological polar surface area (TPSA) is 140 Å². The molecule has 2 aromatic heterocycles. The van der Waals surface area contributed by atoms with Crippen molar-refractivity contribution in [2.75, 3.05) is 32.6 Å². The van der Waals surface area contributed by atoms with Gasteiger partial charge < -0.3 is 38.9 Å². The molecule has 0 bridgehead atoms. The van der Waals surface area contributed by atoms with E-state index in [1.165, 1.54) is 11.0 Å². The maximum Gasteiger partial charge on any atom is 0.404 e. The Labute approximate surface area is 318 Å². The van der Waals surface area contributed by atoms with Crippen molar-refractivity contribution in [3.63, 3.8) is 0 Å². The van der Waals surface area contributed by atoms with Crippen molar-refractivity contribution >= 4 is 45.1 Å². The zero-order chi connectivity index (χ0) is 39.7. The number of nitrogens with one attached hydrogen (secondary N) is 2. The Balaban J connectivity index is 1.97. The summed E-state index contributed by atoms with van der Waals surface area (Å²) in [6.45, 7) is 24.0. The molecule has 14 heteroatoms. The van der Waals surface area contributed by atoms with Crippen LogP contribution in [0.5, 0.6) is 0 Å². The zero-order valence-electron chi connectivity index (χ0n) is 34.1. The van der Waals surface area contributed by atoms with Crippen molar-refractivity contribution < 1.29 is 23.9 Å². The molecule has 0 aliphatic heterocycles. The van der Waals surface area contributed by atoms with Crippen LogP contribution in [0.1, 0.15) is 65.0 Å². The molecule has 53 heavy (non-hydrogen) atoms. The van der Waals surface area contributed by atoms with E-state index in [0.29, 0.717) is 37.7 Å². The second-order valence-corrected chi connectivity index (χ2v) is 27.5. The average molecular weight is 769 g/mol. The minimum absolute atomic E-state index is 0.0378. The van der Waals surface area contributed by atoms with Gasteiger partial charge >= 0.3 is 6.09 Å². The van der Waals surface area contributed by atoms with Crippen molar-refractivity contribution in [2.45, 2.75) is 117 Å². The lowest BCUT2D eigenvalue weighted by Crippen LogP contribution is -2.42. The highest BCUT2D eigenvalue weighted by atomic mass is 28.4. The Morgan fingerprint density at radius 1 is 1.08 bits per heavy atom. The molecule has 0 fully saturated rings. The lowest BCUT2D eigenvalue weighted by Gasteiger charge is -2.40. The van der Waals surface area contributed by atoms with E-state index >= 15 is 0 Å². The van der Waals surface area contributed by atoms with Crippen LogP contribution in [0, 0.1) is 5.92 Å². The summed E-state index contributed by atoms with van der Waals surface area (Å²) < 4.78 is 17.0. The van der Waals surface area contributed by atoms with Crippen LogP contribution in [0.25, 0.3) is 11.0 Å². The largest absolute Gasteiger partial charge is 0.465 e. The summed E-state index contributed by atoms with van der Waals surface area (Å²) >= 11 is 0. The van der Waals surface area contributed by atoms with Crippen LogP contribution in [0.2, 0.25) is 43.8 Å². The number of ether oxygens (including phenoxy) is 1. The molecule has 2 unspecified atom stereocenters. The summed E-state index contributed by atoms with van der Waals surface area (Å²) in [4.78, 5) is 43.9. The molecule has 3 aromatic rings. The van der Waals surface area contributed by atoms with Crippen LogP contribution in [0.3, 0.4) is 0 Å². The van der Waals surface area contributed by atoms with Crippen LogP contribution in [0.15, 0.2) is 53.5 Å². The van der Waals surface area contributed by atoms with Gasteiger partial charge in [0.1, 0.15) is 18.2 Å². The van der Waals surface area contributed by atoms with Gasteiger partial charge in [0.05, 0.1) is 23.7 Å². The number of fused-ring (bicyclic) bond motifs is 1. The van der Waals surface area contributed by atoms with Crippen molar-refractivity contribution in [1.82, 2.24) is 24.3 Å². The molecule has 0 aliphatic rings. The van der Waals surface area contributed by atoms with E-state index in [0.717, 1.165) is 22.6 Å². The van der Waals surface area contributed by atoms with E-state index in [-0.39, 0.29) is 41.6 Å². The van der Waals surface area contributed by atoms with Gasteiger partial charge in [0.2, 0.25) is 5.91 Å². The number of allylic oxidation sites excluding steroid dienone is 1. The minimum Gasteiger partial charge on any atom is -0.465 e. The molecule has 1 aromatic carbocycles. The highest BCUT2D eigenvalue weighted by Gasteiger charge is 2.40. The van der Waals surface area contributed by atoms with Gasteiger partial charge in [0.25, 0.3) is 5.56 Å². The number of hydrogen-bond acceptors (Lipinski definition) is 7. The fourth-order valence-corrected chi connectivity index (χ4v) is 7.65. The lowest BCUT2D eigenvalue weighted by molar-refractivity contribution is -0.123. The third kappa shape index (κ3) is 12.7. The fraction of sp³-hybridized carbons (Fsp3) is 0.590. The van der Waals surface area contributed by atoms with Gasteiger partial charge in [-0.2, -0.15) is 0 Å². The lowest BCUT2D eigenvalue weighted by atomic mass is 9.98. The highest BCUT2D eigenvalue weighted by Crippen LogP contribution is 2.42. The summed E-state index contributed by atoms with van der Waals surface area (Å²) in [6.07, 6.45) is 4.55. The van der Waals surface area contributed by atoms with Crippen molar-refractivity contribution in [1.29, 1.82) is 0 Å². The standard InChI is InChI=1S/C39H64N6O6Si2/c1-28(2)36(51-53(11,12)39(3,4)5)30-18-15-20-32-35(30)42-33(45(32)27-50-23-24-52(8,9)10)26-44-22-16-19-31(37(44)47)40-25-29(41-38(48)49)17-13-14-21-34(46)43(6)7/h14-16,18-22,28-29,36,40-41H,13,17,23-27H2,1-12H3,(H,48,49)/b21-14+. The fourth-order valence-electron chi connectivity index (χ4n) is 5.51. The van der Waals surface area contributed by atoms with E-state index in [1.54, 1.807) is 43.1 Å². The van der Waals surface area contributed by atoms with E-state index in [2.05, 4.69) is 101 Å². The molecule has 12 nitrogen and oxygen atoms in total. The number of para-hydroxylation sites is 1. The van der Waals surface area contributed by atoms with E-state index < -0.39 is 28.5 Å². The van der Waals surface area contributed by atoms with E-state index in [9.17, 15) is 19.5 Å². The van der Waals surface area contributed by atoms with Gasteiger partial charge in [0, 0.05) is 53.1 Å². The van der Waals surface area contributed by atoms with Crippen LogP contribution in [-0.2, 0) is 27.2 Å². The summed E-state index contributed by atoms with van der Waals surface area (Å²) in [5.41, 5.74) is 2.91. The summed E-state index contributed by atoms with van der Waals surface area (Å²) in [5.74, 6) is 0.759. The van der Waals surface area contributed by atoms with Crippen molar-refractivity contribution in [3.8, 4) is 0 Å². The van der Waals surface area contributed by atoms with Gasteiger partial charge in [-0.3, -0.25) is 9.59 Å². The van der Waals surface area contributed by atoms with Gasteiger partial charge in [-0.15, -0.1) is 0 Å². The monoisotopic (exact) mass is 768 g/mol. The zero-order valence-corrected chi connectivity index (χ0v) is 36.1. The van der Waals surface area contributed by atoms with Gasteiger partial charge in [-0.1, -0.05) is 72.5 Å². The molecule has 0 aliphatic carbocycles. The number of rotatable bonds is 19. The molecule has 2 atom stereocenters. The maximum atomic E-state index is 13.9. The number of benzene rings is 1. The number of carbonyl (C=O) groups excluding carboxylic acids is 1. The molecule has 2 amide bonds. The first-order chi connectivity index (χ1) is 24.6. The Hall–Kier alpha value is -3.73. The first-order valence-electron chi connectivity index (χ1n) is 18.7. The van der Waals surface area contributed by atoms with E-state index in [4.69, 9.17) is 14.1 Å². The van der Waals surface area contributed by atoms with Crippen LogP contribution < -0.4 is 16.2 Å². The molecule has 2 heterocycles. The van der Waals surface area contributed by atoms with Crippen LogP contribution in [0.4, 0.5) is 10.5 Å². The van der Waals surface area contributed by atoms with Crippen molar-refractivity contribution in [2.24, 2.45) is 5.92 Å². The smallest absolute Gasteiger partial charge is 0.404 e. The summed E-state index contributed by atoms with van der Waals surface area (Å²) in [6, 6.07) is 10.3. The second-order valence-electron chi connectivity index (χ2n) is 17.2. The number of imidazole rings is 1. The highest BCUT2D eigenvalue weighted by molar-refractivity contribution is 6.76. The third-order valence-electron chi connectivity index (χ3n) is 9.83. The van der Waals surface area contributed by atoms with E-state index in [1.807, 2.05) is 0 Å². The molecule has 3 N–H and O–H groups in total. The van der Waals surface area contributed by atoms with Crippen molar-refractivity contribution in [3.05, 3.63) is 70.4 Å². The number of nitrogens with zero attached hydrogens (tertiary/aromatic N) is 4. The number of aromatic nitrogens is 3. The Morgan fingerprint density at radius 2 is 1.77 bits per heavy atom. The average Bonchev–Trinajstić information content (AvgIpc) is 3.39. The molecule has 0 radical (unpaired) electrons. The van der Waals surface area contributed by atoms with Gasteiger partial charge in [-0.25, -0.2) is 9.78 Å². The Bertz CT molecular complexity index is 1770. The number of anilines is 1. The second kappa shape index (κ2) is 18.5. The maximum absolute atomic E-state index is 13.9. The summed E-state index contributed by atoms with van der Waals surface area (Å²) in [7, 11) is -0.106. The normalized spacial score (nSPS) is 13.8. The first kappa shape index (κ1) is 43.7. The SMILES string of the molecule is CC(C)C(O[Si](C)(C)C(C)(C)C)c1cccc2c1nc(Cn1cccc(NCC(CC/C=C/C(=O)N(C)C)NC(=O)O)c1=O)n2COCC[Si](C)(C)C. The molecule has 0 saturated carbocycles. The van der Waals surface area contributed by atoms with Gasteiger partial charge in [-0.05, 0) is 67.2 Å². The Kier molecular flexibility index (Phi) is 15.3. The number of carbonyl (C=O) groups is 2. The summed E-state index contributed by atoms with van der Waals surface area (Å²) in [5, 5.41) is 15.1. The molecule has 294 valence electrons. The molecule has 3 rings (SSSR count). The minimum atomic E-state index is -2.13. The van der Waals surface area contributed by atoms with Crippen LogP contribution in [-0.4, -0.2) is 85.8 Å². The molecule has 0 spiro atoms. The Morgan fingerprint density at radius 3 is 2.38 bits per heavy atom. The number of amides is 2. The number of carboxylic acid groups (broad SMARTS) is 1.